The fourth-order valence-corrected chi connectivity index (χ4v) is 4.22. The molecule has 1 amide bonds. The van der Waals surface area contributed by atoms with E-state index in [1.807, 2.05) is 0 Å². The number of pyridine rings is 1. The number of halogens is 1. The summed E-state index contributed by atoms with van der Waals surface area (Å²) < 4.78 is 75.4. The molecule has 0 bridgehead atoms. The van der Waals surface area contributed by atoms with Crippen molar-refractivity contribution in [1.29, 1.82) is 0 Å². The molecule has 214 valence electrons. The lowest BCUT2D eigenvalue weighted by Crippen LogP contribution is -2.53. The summed E-state index contributed by atoms with van der Waals surface area (Å²) in [5, 5.41) is 0. The van der Waals surface area contributed by atoms with E-state index in [0.29, 0.717) is 27.7 Å². The third kappa shape index (κ3) is 6.31. The van der Waals surface area contributed by atoms with Gasteiger partial charge in [-0.05, 0) is 43.6 Å². The van der Waals surface area contributed by atoms with Gasteiger partial charge in [-0.2, -0.15) is 0 Å². The van der Waals surface area contributed by atoms with Crippen molar-refractivity contribution in [2.45, 2.75) is 32.2 Å². The second-order valence-corrected chi connectivity index (χ2v) is 9.88. The minimum atomic E-state index is -5.32. The van der Waals surface area contributed by atoms with E-state index < -0.39 is 38.7 Å². The molecule has 1 N–H and O–H groups in total. The van der Waals surface area contributed by atoms with Crippen LogP contribution in [0.3, 0.4) is 0 Å². The molecule has 0 saturated carbocycles. The number of aromatic nitrogens is 3. The van der Waals surface area contributed by atoms with Crippen LogP contribution in [0.25, 0.3) is 0 Å². The number of benzene rings is 1. The second-order valence-electron chi connectivity index (χ2n) is 8.69. The molecule has 40 heavy (non-hydrogen) atoms. The first-order chi connectivity index (χ1) is 20.1. The number of phosphoric acid groups is 1. The van der Waals surface area contributed by atoms with Gasteiger partial charge in [-0.3, -0.25) is 18.8 Å². The average molecular weight is 581 g/mol. The normalized spacial score (nSPS) is 19.4. The predicted octanol–water partition coefficient (Wildman–Crippen LogP) is 2.16. The van der Waals surface area contributed by atoms with Crippen LogP contribution < -0.4 is 28.7 Å². The van der Waals surface area contributed by atoms with Crippen molar-refractivity contribution in [3.8, 4) is 23.0 Å². The van der Waals surface area contributed by atoms with Gasteiger partial charge in [0.2, 0.25) is 5.75 Å². The minimum absolute atomic E-state index is 0.0532. The Balaban J connectivity index is 1.66. The summed E-state index contributed by atoms with van der Waals surface area (Å²) in [6.45, 7) is -3.05. The Hall–Kier alpha value is -3.84. The molecular formula is C25H27FN4O9P-. The molecule has 2 atom stereocenters. The van der Waals surface area contributed by atoms with Crippen LogP contribution in [-0.2, 0) is 26.7 Å². The van der Waals surface area contributed by atoms with E-state index in [9.17, 15) is 18.6 Å². The Bertz CT molecular complexity index is 1570. The third-order valence-electron chi connectivity index (χ3n) is 5.77. The van der Waals surface area contributed by atoms with E-state index in [0.717, 1.165) is 13.1 Å². The molecule has 2 aromatic heterocycles. The fourth-order valence-electron chi connectivity index (χ4n) is 3.96. The maximum atomic E-state index is 14.8. The van der Waals surface area contributed by atoms with Crippen LogP contribution in [-0.4, -0.2) is 59.4 Å². The molecule has 1 aliphatic rings. The molecule has 13 nitrogen and oxygen atoms in total. The molecule has 1 aromatic carbocycles. The summed E-state index contributed by atoms with van der Waals surface area (Å²) in [5.41, 5.74) is -1.64. The predicted molar refractivity (Wildman–Crippen MR) is 136 cm³/mol. The summed E-state index contributed by atoms with van der Waals surface area (Å²) in [4.78, 5) is 46.8. The highest BCUT2D eigenvalue weighted by atomic mass is 31.2. The molecule has 15 heteroatoms. The first kappa shape index (κ1) is 25.1. The lowest BCUT2D eigenvalue weighted by molar-refractivity contribution is -0.219. The second kappa shape index (κ2) is 11.3. The largest absolute Gasteiger partial charge is 0.756 e. The van der Waals surface area contributed by atoms with Crippen LogP contribution >= 0.6 is 7.82 Å². The van der Waals surface area contributed by atoms with Gasteiger partial charge in [-0.15, -0.1) is 0 Å². The number of amides is 1. The average Bonchev–Trinajstić information content (AvgIpc) is 2.93. The van der Waals surface area contributed by atoms with Gasteiger partial charge < -0.3 is 28.7 Å². The van der Waals surface area contributed by atoms with Crippen molar-refractivity contribution in [3.63, 3.8) is 0 Å². The first-order valence-corrected chi connectivity index (χ1v) is 13.1. The van der Waals surface area contributed by atoms with E-state index in [4.69, 9.17) is 28.0 Å². The quantitative estimate of drug-likeness (QED) is 0.348. The number of carbonyl (C=O) groups is 1. The van der Waals surface area contributed by atoms with E-state index >= 15 is 0 Å². The standard InChI is InChI=1S/C25H28FN4O9P/c1-25(2)24(31)30(13-38-40(32,33)34)23-18(39-25)7-6-15(28-23)11-17-16(26)12-27-21(29-17)10-14-8-19(35-3)22(37-5)20(9-14)36-4/h6-9,12H,10-11,13H2,1-5H3,(H2,32,33,34)/p-1/i1D3. The summed E-state index contributed by atoms with van der Waals surface area (Å²) in [7, 11) is -0.907. The molecule has 2 unspecified atom stereocenters. The number of nitrogens with zero attached hydrogens (tertiary/aromatic N) is 4. The number of hydrogen-bond donors (Lipinski definition) is 1. The lowest BCUT2D eigenvalue weighted by Gasteiger charge is -2.38. The van der Waals surface area contributed by atoms with Crippen LogP contribution in [0, 0.1) is 5.82 Å². The van der Waals surface area contributed by atoms with Crippen LogP contribution in [0.4, 0.5) is 10.2 Å². The van der Waals surface area contributed by atoms with Gasteiger partial charge in [-0.1, -0.05) is 0 Å². The molecule has 3 aromatic rings. The number of anilines is 1. The van der Waals surface area contributed by atoms with Crippen molar-refractivity contribution >= 4 is 19.5 Å². The Morgan fingerprint density at radius 3 is 2.48 bits per heavy atom. The Morgan fingerprint density at radius 1 is 1.18 bits per heavy atom. The number of carbonyl (C=O) groups excluding carboxylic acids is 1. The van der Waals surface area contributed by atoms with E-state index in [2.05, 4.69) is 19.5 Å². The van der Waals surface area contributed by atoms with Crippen LogP contribution in [0.5, 0.6) is 23.0 Å². The highest BCUT2D eigenvalue weighted by Crippen LogP contribution is 2.40. The summed E-state index contributed by atoms with van der Waals surface area (Å²) in [6.07, 6.45) is 0.957. The van der Waals surface area contributed by atoms with Crippen molar-refractivity contribution in [2.75, 3.05) is 33.0 Å². The smallest absolute Gasteiger partial charge is 0.273 e. The topological polar surface area (TPSA) is 165 Å². The third-order valence-corrected chi connectivity index (χ3v) is 6.21. The SMILES string of the molecule is [2H]C([2H])([2H])C1(C)Oc2ccc(Cc3nc(Cc4cc(OC)c(OC)c(OC)c4)ncc3F)nc2N(COP(=O)([O-])O)C1=O. The molecule has 0 radical (unpaired) electrons. The molecule has 0 saturated heterocycles. The number of methoxy groups -OCH3 is 3. The lowest BCUT2D eigenvalue weighted by atomic mass is 10.1. The molecule has 4 rings (SSSR count). The van der Waals surface area contributed by atoms with Crippen LogP contribution in [0.2, 0.25) is 0 Å². The first-order valence-electron chi connectivity index (χ1n) is 13.1. The van der Waals surface area contributed by atoms with Crippen molar-refractivity contribution in [3.05, 3.63) is 59.1 Å². The fraction of sp³-hybridized carbons (Fsp3) is 0.360. The van der Waals surface area contributed by atoms with Gasteiger partial charge in [0, 0.05) is 22.6 Å². The maximum absolute atomic E-state index is 14.8. The molecular weight excluding hydrogens is 550 g/mol. The summed E-state index contributed by atoms with van der Waals surface area (Å²) in [5.74, 6) is -0.966. The summed E-state index contributed by atoms with van der Waals surface area (Å²) >= 11 is 0. The molecule has 1 aliphatic heterocycles. The number of rotatable bonds is 10. The van der Waals surface area contributed by atoms with Crippen molar-refractivity contribution in [2.24, 2.45) is 0 Å². The van der Waals surface area contributed by atoms with Crippen molar-refractivity contribution in [1.82, 2.24) is 15.0 Å². The van der Waals surface area contributed by atoms with Gasteiger partial charge in [0.25, 0.3) is 13.7 Å². The molecule has 0 spiro atoms. The zero-order valence-corrected chi connectivity index (χ0v) is 22.7. The van der Waals surface area contributed by atoms with E-state index in [-0.39, 0.29) is 41.6 Å². The molecule has 3 heterocycles. The zero-order chi connectivity index (χ0) is 31.7. The van der Waals surface area contributed by atoms with Crippen molar-refractivity contribution < 1.29 is 51.1 Å². The minimum Gasteiger partial charge on any atom is -0.756 e. The van der Waals surface area contributed by atoms with Gasteiger partial charge in [0.1, 0.15) is 12.6 Å². The highest BCUT2D eigenvalue weighted by Gasteiger charge is 2.42. The van der Waals surface area contributed by atoms with Gasteiger partial charge >= 0.3 is 0 Å². The number of fused-ring (bicyclic) bond motifs is 1. The van der Waals surface area contributed by atoms with E-state index in [1.54, 1.807) is 12.1 Å². The number of phosphoric ester groups is 1. The van der Waals surface area contributed by atoms with Gasteiger partial charge in [0.15, 0.2) is 34.5 Å². The number of hydrogen-bond acceptors (Lipinski definition) is 11. The van der Waals surface area contributed by atoms with Gasteiger partial charge in [-0.25, -0.2) is 19.3 Å². The number of ether oxygens (including phenoxy) is 4. The van der Waals surface area contributed by atoms with Crippen LogP contribution in [0.1, 0.15) is 40.7 Å². The molecule has 0 aliphatic carbocycles. The zero-order valence-electron chi connectivity index (χ0n) is 24.8. The summed E-state index contributed by atoms with van der Waals surface area (Å²) in [6, 6.07) is 6.10. The Kier molecular flexibility index (Phi) is 7.13. The molecule has 0 fully saturated rings. The monoisotopic (exact) mass is 580 g/mol. The Morgan fingerprint density at radius 2 is 1.88 bits per heavy atom. The maximum Gasteiger partial charge on any atom is 0.273 e. The van der Waals surface area contributed by atoms with E-state index in [1.165, 1.54) is 33.5 Å². The van der Waals surface area contributed by atoms with Gasteiger partial charge in [0.05, 0.1) is 33.2 Å². The Labute approximate surface area is 233 Å². The van der Waals surface area contributed by atoms with Crippen LogP contribution in [0.15, 0.2) is 30.5 Å². The highest BCUT2D eigenvalue weighted by molar-refractivity contribution is 7.44.